The van der Waals surface area contributed by atoms with Crippen LogP contribution >= 0.6 is 0 Å². The van der Waals surface area contributed by atoms with E-state index in [1.165, 1.54) is 0 Å². The zero-order valence-electron chi connectivity index (χ0n) is 29.7. The molecule has 54 heavy (non-hydrogen) atoms. The van der Waals surface area contributed by atoms with E-state index in [1.807, 2.05) is 84.9 Å². The molecule has 0 bridgehead atoms. The first-order valence-electron chi connectivity index (χ1n) is 18.2. The predicted octanol–water partition coefficient (Wildman–Crippen LogP) is 5.76. The highest BCUT2D eigenvalue weighted by molar-refractivity contribution is 7.89. The molecule has 4 aromatic carbocycles. The van der Waals surface area contributed by atoms with Gasteiger partial charge >= 0.3 is 0 Å². The molecule has 2 aliphatic heterocycles. The topological polar surface area (TPSA) is 130 Å². The summed E-state index contributed by atoms with van der Waals surface area (Å²) in [6.45, 7) is 4.04. The summed E-state index contributed by atoms with van der Waals surface area (Å²) in [6, 6.07) is 36.6. The summed E-state index contributed by atoms with van der Waals surface area (Å²) in [5.74, 6) is 0.630. The van der Waals surface area contributed by atoms with Crippen LogP contribution in [-0.4, -0.2) is 72.2 Å². The standard InChI is InChI=1S/C42H42N6O5S/c49-29-31-14-16-34(17-15-31)40-38(32-7-2-1-3-8-32)36(28-47-23-25-48(26-24-47)42-44-21-6-22-45-42)52-41(53-40)35-18-12-30(13-19-35)27-46-54(50,51)37-11-4-9-33-10-5-20-43-39(33)37/h1-22,36,38,40-41,46,49H,23-29H2/t36-,38-,40+,41?/m1/s1. The molecule has 0 radical (unpaired) electrons. The van der Waals surface area contributed by atoms with Gasteiger partial charge in [-0.3, -0.25) is 9.88 Å². The van der Waals surface area contributed by atoms with Gasteiger partial charge in [0.2, 0.25) is 16.0 Å². The lowest BCUT2D eigenvalue weighted by Gasteiger charge is -2.45. The monoisotopic (exact) mass is 742 g/mol. The molecule has 2 saturated heterocycles. The fraction of sp³-hybridized carbons (Fsp3) is 0.262. The molecule has 4 heterocycles. The van der Waals surface area contributed by atoms with Gasteiger partial charge in [-0.25, -0.2) is 23.1 Å². The number of hydrogen-bond acceptors (Lipinski definition) is 10. The van der Waals surface area contributed by atoms with Crippen molar-refractivity contribution in [1.29, 1.82) is 0 Å². The molecule has 2 aromatic heterocycles. The predicted molar refractivity (Wildman–Crippen MR) is 206 cm³/mol. The number of pyridine rings is 1. The molecular formula is C42H42N6O5S. The van der Waals surface area contributed by atoms with Crippen molar-refractivity contribution in [2.24, 2.45) is 0 Å². The number of aromatic nitrogens is 3. The Balaban J connectivity index is 1.04. The normalized spacial score (nSPS) is 20.9. The SMILES string of the molecule is O=S(=O)(NCc1ccc(C2O[C@H](CN3CCN(c4ncccn4)CC3)[C@@H](c3ccccc3)[C@H](c3ccc(CO)cc3)O2)cc1)c1cccc2cccnc12. The molecule has 1 unspecified atom stereocenters. The maximum absolute atomic E-state index is 13.4. The van der Waals surface area contributed by atoms with Crippen molar-refractivity contribution in [2.75, 3.05) is 37.6 Å². The zero-order valence-corrected chi connectivity index (χ0v) is 30.5. The molecule has 11 nitrogen and oxygen atoms in total. The van der Waals surface area contributed by atoms with E-state index in [4.69, 9.17) is 9.47 Å². The third-order valence-electron chi connectivity index (χ3n) is 10.2. The van der Waals surface area contributed by atoms with Gasteiger partial charge in [0.1, 0.15) is 4.90 Å². The van der Waals surface area contributed by atoms with Crippen LogP contribution < -0.4 is 9.62 Å². The minimum absolute atomic E-state index is 0.0381. The number of fused-ring (bicyclic) bond motifs is 1. The van der Waals surface area contributed by atoms with Crippen LogP contribution in [0.3, 0.4) is 0 Å². The van der Waals surface area contributed by atoms with Gasteiger partial charge < -0.3 is 19.5 Å². The summed E-state index contributed by atoms with van der Waals surface area (Å²) in [4.78, 5) is 18.0. The number of para-hydroxylation sites is 1. The number of benzene rings is 4. The van der Waals surface area contributed by atoms with Gasteiger partial charge in [-0.15, -0.1) is 0 Å². The molecule has 0 spiro atoms. The lowest BCUT2D eigenvalue weighted by molar-refractivity contribution is -0.263. The van der Waals surface area contributed by atoms with Gasteiger partial charge in [-0.1, -0.05) is 97.1 Å². The highest BCUT2D eigenvalue weighted by Gasteiger charge is 2.43. The van der Waals surface area contributed by atoms with Crippen molar-refractivity contribution in [3.63, 3.8) is 0 Å². The zero-order chi connectivity index (χ0) is 36.9. The molecule has 0 amide bonds. The van der Waals surface area contributed by atoms with Gasteiger partial charge in [0.25, 0.3) is 0 Å². The summed E-state index contributed by atoms with van der Waals surface area (Å²) >= 11 is 0. The smallest absolute Gasteiger partial charge is 0.243 e. The van der Waals surface area contributed by atoms with Crippen LogP contribution in [0.5, 0.6) is 0 Å². The summed E-state index contributed by atoms with van der Waals surface area (Å²) in [5, 5.41) is 10.5. The van der Waals surface area contributed by atoms with E-state index in [-0.39, 0.29) is 36.2 Å². The van der Waals surface area contributed by atoms with E-state index in [9.17, 15) is 13.5 Å². The minimum atomic E-state index is -3.82. The highest BCUT2D eigenvalue weighted by Crippen LogP contribution is 2.47. The molecule has 2 N–H and O–H groups in total. The second-order valence-corrected chi connectivity index (χ2v) is 15.4. The van der Waals surface area contributed by atoms with Crippen LogP contribution in [-0.2, 0) is 32.6 Å². The van der Waals surface area contributed by atoms with Crippen LogP contribution in [0, 0.1) is 0 Å². The maximum Gasteiger partial charge on any atom is 0.243 e. The van der Waals surface area contributed by atoms with Gasteiger partial charge in [0, 0.05) is 74.7 Å². The number of sulfonamides is 1. The molecule has 2 fully saturated rings. The molecule has 6 aromatic rings. The Morgan fingerprint density at radius 2 is 1.37 bits per heavy atom. The van der Waals surface area contributed by atoms with E-state index in [2.05, 4.69) is 41.6 Å². The Hall–Kier alpha value is -5.08. The molecule has 276 valence electrons. The van der Waals surface area contributed by atoms with Crippen molar-refractivity contribution in [2.45, 2.75) is 42.5 Å². The third kappa shape index (κ3) is 7.90. The molecule has 2 aliphatic rings. The number of nitrogens with one attached hydrogen (secondary N) is 1. The summed E-state index contributed by atoms with van der Waals surface area (Å²) in [7, 11) is -3.82. The Morgan fingerprint density at radius 1 is 0.685 bits per heavy atom. The number of piperazine rings is 1. The Kier molecular flexibility index (Phi) is 10.7. The summed E-state index contributed by atoms with van der Waals surface area (Å²) < 4.78 is 43.3. The lowest BCUT2D eigenvalue weighted by Crippen LogP contribution is -2.51. The Bertz CT molecular complexity index is 2250. The first kappa shape index (κ1) is 35.9. The van der Waals surface area contributed by atoms with Crippen molar-refractivity contribution < 1.29 is 23.0 Å². The fourth-order valence-electron chi connectivity index (χ4n) is 7.35. The molecule has 12 heteroatoms. The second kappa shape index (κ2) is 16.1. The number of anilines is 1. The number of hydrogen-bond donors (Lipinski definition) is 2. The van der Waals surface area contributed by atoms with Crippen LogP contribution in [0.25, 0.3) is 10.9 Å². The van der Waals surface area contributed by atoms with E-state index in [0.29, 0.717) is 12.1 Å². The number of nitrogens with zero attached hydrogens (tertiary/aromatic N) is 5. The quantitative estimate of drug-likeness (QED) is 0.169. The molecule has 0 aliphatic carbocycles. The van der Waals surface area contributed by atoms with Crippen LogP contribution in [0.2, 0.25) is 0 Å². The van der Waals surface area contributed by atoms with E-state index in [0.717, 1.165) is 65.3 Å². The number of aliphatic hydroxyl groups excluding tert-OH is 1. The van der Waals surface area contributed by atoms with Crippen molar-refractivity contribution >= 4 is 26.9 Å². The van der Waals surface area contributed by atoms with Crippen LogP contribution in [0.4, 0.5) is 5.95 Å². The minimum Gasteiger partial charge on any atom is -0.392 e. The van der Waals surface area contributed by atoms with Gasteiger partial charge in [0.05, 0.1) is 24.3 Å². The van der Waals surface area contributed by atoms with Crippen molar-refractivity contribution in [3.8, 4) is 0 Å². The van der Waals surface area contributed by atoms with Gasteiger partial charge in [0.15, 0.2) is 6.29 Å². The Labute approximate surface area is 315 Å². The van der Waals surface area contributed by atoms with E-state index >= 15 is 0 Å². The molecule has 0 saturated carbocycles. The summed E-state index contributed by atoms with van der Waals surface area (Å²) in [6.07, 6.45) is 3.90. The second-order valence-electron chi connectivity index (χ2n) is 13.6. The molecule has 4 atom stereocenters. The lowest BCUT2D eigenvalue weighted by atomic mass is 9.83. The van der Waals surface area contributed by atoms with E-state index in [1.54, 1.807) is 36.8 Å². The fourth-order valence-corrected chi connectivity index (χ4v) is 8.54. The maximum atomic E-state index is 13.4. The average molecular weight is 743 g/mol. The van der Waals surface area contributed by atoms with Crippen molar-refractivity contribution in [3.05, 3.63) is 162 Å². The van der Waals surface area contributed by atoms with Gasteiger partial charge in [-0.05, 0) is 40.5 Å². The first-order chi connectivity index (χ1) is 26.4. The largest absolute Gasteiger partial charge is 0.392 e. The van der Waals surface area contributed by atoms with Crippen LogP contribution in [0.15, 0.2) is 139 Å². The number of rotatable bonds is 11. The van der Waals surface area contributed by atoms with Gasteiger partial charge in [-0.2, -0.15) is 0 Å². The van der Waals surface area contributed by atoms with Crippen molar-refractivity contribution in [1.82, 2.24) is 24.6 Å². The Morgan fingerprint density at radius 3 is 2.11 bits per heavy atom. The summed E-state index contributed by atoms with van der Waals surface area (Å²) in [5.41, 5.74) is 5.02. The highest BCUT2D eigenvalue weighted by atomic mass is 32.2. The molecular weight excluding hydrogens is 701 g/mol. The molecule has 8 rings (SSSR count). The number of aliphatic hydroxyl groups is 1. The van der Waals surface area contributed by atoms with E-state index < -0.39 is 16.3 Å². The number of ether oxygens (including phenoxy) is 2. The third-order valence-corrected chi connectivity index (χ3v) is 11.7. The average Bonchev–Trinajstić information content (AvgIpc) is 3.23. The first-order valence-corrected chi connectivity index (χ1v) is 19.7. The van der Waals surface area contributed by atoms with Crippen LogP contribution in [0.1, 0.15) is 46.1 Å².